The third kappa shape index (κ3) is 11.4. The van der Waals surface area contributed by atoms with Gasteiger partial charge in [0.1, 0.15) is 0 Å². The highest BCUT2D eigenvalue weighted by atomic mass is 17.1. The summed E-state index contributed by atoms with van der Waals surface area (Å²) in [7, 11) is 0. The van der Waals surface area contributed by atoms with Gasteiger partial charge in [-0.1, -0.05) is 39.0 Å². The molecule has 18 heavy (non-hydrogen) atoms. The van der Waals surface area contributed by atoms with Gasteiger partial charge in [0, 0.05) is 12.8 Å². The quantitative estimate of drug-likeness (QED) is 0.267. The lowest BCUT2D eigenvalue weighted by atomic mass is 10.1. The molecule has 0 saturated heterocycles. The standard InChI is InChI=1S/C13H24O5/c1-2-12(14)17-11-9-7-5-3-4-6-8-10-13(15)18-16/h16H,2-11H2,1H3. The summed E-state index contributed by atoms with van der Waals surface area (Å²) in [5, 5.41) is 8.03. The molecular weight excluding hydrogens is 236 g/mol. The Labute approximate surface area is 108 Å². The van der Waals surface area contributed by atoms with Crippen molar-refractivity contribution in [1.29, 1.82) is 0 Å². The highest BCUT2D eigenvalue weighted by Crippen LogP contribution is 2.09. The second-order valence-electron chi connectivity index (χ2n) is 4.26. The van der Waals surface area contributed by atoms with Gasteiger partial charge < -0.3 is 9.62 Å². The van der Waals surface area contributed by atoms with Gasteiger partial charge >= 0.3 is 11.9 Å². The Morgan fingerprint density at radius 1 is 0.889 bits per heavy atom. The number of unbranched alkanes of at least 4 members (excludes halogenated alkanes) is 6. The van der Waals surface area contributed by atoms with Gasteiger partial charge in [-0.2, -0.15) is 5.26 Å². The molecule has 0 aromatic carbocycles. The zero-order chi connectivity index (χ0) is 13.6. The summed E-state index contributed by atoms with van der Waals surface area (Å²) in [6.07, 6.45) is 7.75. The third-order valence-electron chi connectivity index (χ3n) is 2.68. The van der Waals surface area contributed by atoms with Gasteiger partial charge in [-0.25, -0.2) is 4.79 Å². The minimum Gasteiger partial charge on any atom is -0.466 e. The van der Waals surface area contributed by atoms with Crippen molar-refractivity contribution in [2.24, 2.45) is 0 Å². The van der Waals surface area contributed by atoms with Crippen LogP contribution in [0.5, 0.6) is 0 Å². The second kappa shape index (κ2) is 12.4. The highest BCUT2D eigenvalue weighted by Gasteiger charge is 2.01. The maximum Gasteiger partial charge on any atom is 0.342 e. The molecule has 0 saturated carbocycles. The molecule has 1 N–H and O–H groups in total. The SMILES string of the molecule is CCC(=O)OCCCCCCCCCC(=O)OO. The molecule has 0 radical (unpaired) electrons. The molecule has 0 heterocycles. The van der Waals surface area contributed by atoms with Crippen molar-refractivity contribution >= 4 is 11.9 Å². The summed E-state index contributed by atoms with van der Waals surface area (Å²) in [4.78, 5) is 25.0. The predicted octanol–water partition coefficient (Wildman–Crippen LogP) is 3.08. The van der Waals surface area contributed by atoms with Crippen LogP contribution in [0.25, 0.3) is 0 Å². The maximum absolute atomic E-state index is 10.8. The topological polar surface area (TPSA) is 72.8 Å². The molecule has 0 rings (SSSR count). The molecule has 0 fully saturated rings. The summed E-state index contributed by atoms with van der Waals surface area (Å²) in [6, 6.07) is 0. The van der Waals surface area contributed by atoms with Crippen LogP contribution >= 0.6 is 0 Å². The van der Waals surface area contributed by atoms with E-state index in [1.54, 1.807) is 6.92 Å². The van der Waals surface area contributed by atoms with Gasteiger partial charge in [0.15, 0.2) is 0 Å². The van der Waals surface area contributed by atoms with Crippen LogP contribution in [0.15, 0.2) is 0 Å². The summed E-state index contributed by atoms with van der Waals surface area (Å²) in [5.41, 5.74) is 0. The molecule has 0 aliphatic rings. The molecule has 5 heteroatoms. The monoisotopic (exact) mass is 260 g/mol. The van der Waals surface area contributed by atoms with Crippen molar-refractivity contribution in [3.63, 3.8) is 0 Å². The minimum atomic E-state index is -0.562. The number of esters is 1. The van der Waals surface area contributed by atoms with E-state index < -0.39 is 5.97 Å². The van der Waals surface area contributed by atoms with Gasteiger partial charge in [0.2, 0.25) is 0 Å². The van der Waals surface area contributed by atoms with E-state index in [2.05, 4.69) is 4.89 Å². The molecule has 5 nitrogen and oxygen atoms in total. The summed E-state index contributed by atoms with van der Waals surface area (Å²) in [6.45, 7) is 2.31. The molecule has 106 valence electrons. The Balaban J connectivity index is 3.07. The fraction of sp³-hybridized carbons (Fsp3) is 0.846. The van der Waals surface area contributed by atoms with Crippen molar-refractivity contribution in [3.8, 4) is 0 Å². The van der Waals surface area contributed by atoms with Gasteiger partial charge in [-0.3, -0.25) is 4.79 Å². The third-order valence-corrected chi connectivity index (χ3v) is 2.68. The fourth-order valence-corrected chi connectivity index (χ4v) is 1.59. The number of rotatable bonds is 11. The largest absolute Gasteiger partial charge is 0.466 e. The van der Waals surface area contributed by atoms with Crippen molar-refractivity contribution in [2.45, 2.75) is 64.7 Å². The van der Waals surface area contributed by atoms with E-state index in [1.165, 1.54) is 0 Å². The van der Waals surface area contributed by atoms with Crippen LogP contribution in [0.4, 0.5) is 0 Å². The zero-order valence-electron chi connectivity index (χ0n) is 11.2. The summed E-state index contributed by atoms with van der Waals surface area (Å²) in [5.74, 6) is -0.696. The van der Waals surface area contributed by atoms with Gasteiger partial charge in [0.25, 0.3) is 0 Å². The summed E-state index contributed by atoms with van der Waals surface area (Å²) >= 11 is 0. The van der Waals surface area contributed by atoms with Gasteiger partial charge in [-0.15, -0.1) is 0 Å². The lowest BCUT2D eigenvalue weighted by molar-refractivity contribution is -0.234. The first-order valence-corrected chi connectivity index (χ1v) is 6.70. The van der Waals surface area contributed by atoms with Gasteiger partial charge in [-0.05, 0) is 12.8 Å². The van der Waals surface area contributed by atoms with Crippen LogP contribution < -0.4 is 0 Å². The molecule has 0 aliphatic carbocycles. The Morgan fingerprint density at radius 2 is 1.44 bits per heavy atom. The molecule has 0 aromatic heterocycles. The van der Waals surface area contributed by atoms with Crippen LogP contribution in [0.2, 0.25) is 0 Å². The Hall–Kier alpha value is -1.10. The molecule has 0 aromatic rings. The van der Waals surface area contributed by atoms with Crippen LogP contribution in [-0.4, -0.2) is 23.8 Å². The van der Waals surface area contributed by atoms with E-state index in [1.807, 2.05) is 0 Å². The number of hydrogen-bond acceptors (Lipinski definition) is 5. The van der Waals surface area contributed by atoms with Gasteiger partial charge in [0.05, 0.1) is 6.61 Å². The number of carbonyl (C=O) groups excluding carboxylic acids is 2. The van der Waals surface area contributed by atoms with E-state index in [4.69, 9.17) is 9.99 Å². The molecule has 0 amide bonds. The number of ether oxygens (including phenoxy) is 1. The predicted molar refractivity (Wildman–Crippen MR) is 66.9 cm³/mol. The average molecular weight is 260 g/mol. The van der Waals surface area contributed by atoms with Crippen LogP contribution in [0, 0.1) is 0 Å². The lowest BCUT2D eigenvalue weighted by Crippen LogP contribution is -2.03. The smallest absolute Gasteiger partial charge is 0.342 e. The number of hydrogen-bond donors (Lipinski definition) is 1. The maximum atomic E-state index is 10.8. The van der Waals surface area contributed by atoms with Crippen LogP contribution in [0.1, 0.15) is 64.7 Å². The molecular formula is C13H24O5. The Bertz CT molecular complexity index is 203. The first-order valence-electron chi connectivity index (χ1n) is 6.70. The van der Waals surface area contributed by atoms with E-state index in [0.717, 1.165) is 44.9 Å². The minimum absolute atomic E-state index is 0.134. The first-order chi connectivity index (χ1) is 8.70. The van der Waals surface area contributed by atoms with E-state index in [-0.39, 0.29) is 12.4 Å². The lowest BCUT2D eigenvalue weighted by Gasteiger charge is -2.03. The second-order valence-corrected chi connectivity index (χ2v) is 4.26. The van der Waals surface area contributed by atoms with Crippen molar-refractivity contribution in [3.05, 3.63) is 0 Å². The molecule has 0 spiro atoms. The Kier molecular flexibility index (Phi) is 11.6. The summed E-state index contributed by atoms with van der Waals surface area (Å²) < 4.78 is 4.96. The molecule has 0 bridgehead atoms. The normalized spacial score (nSPS) is 10.1. The average Bonchev–Trinajstić information content (AvgIpc) is 2.40. The molecule has 0 atom stereocenters. The molecule has 0 unspecified atom stereocenters. The fourth-order valence-electron chi connectivity index (χ4n) is 1.59. The highest BCUT2D eigenvalue weighted by molar-refractivity contribution is 5.68. The molecule has 0 aliphatic heterocycles. The van der Waals surface area contributed by atoms with E-state index in [9.17, 15) is 9.59 Å². The van der Waals surface area contributed by atoms with E-state index in [0.29, 0.717) is 13.0 Å². The van der Waals surface area contributed by atoms with E-state index >= 15 is 0 Å². The van der Waals surface area contributed by atoms with Crippen molar-refractivity contribution < 1.29 is 24.5 Å². The van der Waals surface area contributed by atoms with Crippen LogP contribution in [0.3, 0.4) is 0 Å². The van der Waals surface area contributed by atoms with Crippen molar-refractivity contribution in [2.75, 3.05) is 6.61 Å². The number of carbonyl (C=O) groups is 2. The Morgan fingerprint density at radius 3 is 2.00 bits per heavy atom. The van der Waals surface area contributed by atoms with Crippen molar-refractivity contribution in [1.82, 2.24) is 0 Å². The first kappa shape index (κ1) is 16.9. The van der Waals surface area contributed by atoms with Crippen LogP contribution in [-0.2, 0) is 19.2 Å². The zero-order valence-corrected chi connectivity index (χ0v) is 11.2.